The van der Waals surface area contributed by atoms with Crippen LogP contribution in [0.1, 0.15) is 48.5 Å². The van der Waals surface area contributed by atoms with Crippen molar-refractivity contribution < 1.29 is 9.53 Å². The molecule has 16 heavy (non-hydrogen) atoms. The van der Waals surface area contributed by atoms with Gasteiger partial charge in [-0.3, -0.25) is 0 Å². The Morgan fingerprint density at radius 1 is 1.19 bits per heavy atom. The van der Waals surface area contributed by atoms with Gasteiger partial charge >= 0.3 is 6.09 Å². The standard InChI is InChI=1S/C13H25NO2/c1-9-8-14(10(9)12(2,3)4)11(15)16-13(5,6)7/h9-10H,8H2,1-7H3. The zero-order chi connectivity index (χ0) is 12.7. The number of ether oxygens (including phenoxy) is 1. The topological polar surface area (TPSA) is 29.5 Å². The molecule has 0 spiro atoms. The number of carbonyl (C=O) groups excluding carboxylic acids is 1. The molecule has 94 valence electrons. The molecular formula is C13H25NO2. The van der Waals surface area contributed by atoms with Crippen molar-refractivity contribution in [3.63, 3.8) is 0 Å². The van der Waals surface area contributed by atoms with Gasteiger partial charge in [0.1, 0.15) is 5.60 Å². The van der Waals surface area contributed by atoms with Gasteiger partial charge in [0.25, 0.3) is 0 Å². The summed E-state index contributed by atoms with van der Waals surface area (Å²) in [6.45, 7) is 15.2. The quantitative estimate of drug-likeness (QED) is 0.635. The summed E-state index contributed by atoms with van der Waals surface area (Å²) in [5.74, 6) is 0.563. The van der Waals surface area contributed by atoms with E-state index in [1.807, 2.05) is 25.7 Å². The Labute approximate surface area is 99.1 Å². The normalized spacial score (nSPS) is 26.3. The van der Waals surface area contributed by atoms with Crippen molar-refractivity contribution in [3.05, 3.63) is 0 Å². The number of hydrogen-bond acceptors (Lipinski definition) is 2. The highest BCUT2D eigenvalue weighted by atomic mass is 16.6. The minimum absolute atomic E-state index is 0.120. The second-order valence-corrected chi connectivity index (χ2v) is 6.92. The van der Waals surface area contributed by atoms with Crippen molar-refractivity contribution in [2.24, 2.45) is 11.3 Å². The summed E-state index contributed by atoms with van der Waals surface area (Å²) in [7, 11) is 0. The Bertz CT molecular complexity index is 273. The molecule has 0 bridgehead atoms. The maximum atomic E-state index is 11.9. The predicted octanol–water partition coefficient (Wildman–Crippen LogP) is 3.29. The van der Waals surface area contributed by atoms with E-state index in [0.29, 0.717) is 12.0 Å². The first-order chi connectivity index (χ1) is 7.02. The van der Waals surface area contributed by atoms with E-state index in [1.54, 1.807) is 0 Å². The van der Waals surface area contributed by atoms with Crippen LogP contribution < -0.4 is 0 Å². The highest BCUT2D eigenvalue weighted by molar-refractivity contribution is 5.70. The number of hydrogen-bond donors (Lipinski definition) is 0. The van der Waals surface area contributed by atoms with E-state index in [1.165, 1.54) is 0 Å². The zero-order valence-electron chi connectivity index (χ0n) is 11.6. The molecule has 2 unspecified atom stereocenters. The fraction of sp³-hybridized carbons (Fsp3) is 0.923. The maximum Gasteiger partial charge on any atom is 0.410 e. The van der Waals surface area contributed by atoms with Crippen molar-refractivity contribution in [2.75, 3.05) is 6.54 Å². The first kappa shape index (κ1) is 13.3. The van der Waals surface area contributed by atoms with E-state index < -0.39 is 5.60 Å². The highest BCUT2D eigenvalue weighted by Crippen LogP contribution is 2.38. The minimum Gasteiger partial charge on any atom is -0.444 e. The molecule has 0 aromatic carbocycles. The van der Waals surface area contributed by atoms with Crippen molar-refractivity contribution in [1.82, 2.24) is 4.90 Å². The highest BCUT2D eigenvalue weighted by Gasteiger charge is 2.47. The van der Waals surface area contributed by atoms with Crippen LogP contribution in [0.4, 0.5) is 4.79 Å². The molecular weight excluding hydrogens is 202 g/mol. The predicted molar refractivity (Wildman–Crippen MR) is 65.3 cm³/mol. The van der Waals surface area contributed by atoms with Gasteiger partial charge in [0.2, 0.25) is 0 Å². The molecule has 1 saturated heterocycles. The van der Waals surface area contributed by atoms with Crippen LogP contribution in [-0.2, 0) is 4.74 Å². The van der Waals surface area contributed by atoms with Gasteiger partial charge in [-0.15, -0.1) is 0 Å². The third-order valence-corrected chi connectivity index (χ3v) is 2.87. The molecule has 3 heteroatoms. The Morgan fingerprint density at radius 3 is 2.00 bits per heavy atom. The van der Waals surface area contributed by atoms with Crippen molar-refractivity contribution in [3.8, 4) is 0 Å². The third kappa shape index (κ3) is 2.89. The van der Waals surface area contributed by atoms with Gasteiger partial charge in [-0.25, -0.2) is 4.79 Å². The van der Waals surface area contributed by atoms with Crippen molar-refractivity contribution in [2.45, 2.75) is 60.1 Å². The van der Waals surface area contributed by atoms with Gasteiger partial charge in [-0.1, -0.05) is 27.7 Å². The molecule has 1 aliphatic rings. The fourth-order valence-electron chi connectivity index (χ4n) is 2.52. The molecule has 1 amide bonds. The van der Waals surface area contributed by atoms with Gasteiger partial charge in [-0.2, -0.15) is 0 Å². The molecule has 0 aromatic rings. The number of rotatable bonds is 0. The number of carbonyl (C=O) groups is 1. The molecule has 1 fully saturated rings. The van der Waals surface area contributed by atoms with Crippen LogP contribution in [0.25, 0.3) is 0 Å². The van der Waals surface area contributed by atoms with Crippen molar-refractivity contribution in [1.29, 1.82) is 0 Å². The Morgan fingerprint density at radius 2 is 1.69 bits per heavy atom. The molecule has 0 aliphatic carbocycles. The van der Waals surface area contributed by atoms with Crippen LogP contribution in [0.5, 0.6) is 0 Å². The lowest BCUT2D eigenvalue weighted by Crippen LogP contribution is -2.63. The smallest absolute Gasteiger partial charge is 0.410 e. The second-order valence-electron chi connectivity index (χ2n) is 6.92. The van der Waals surface area contributed by atoms with Crippen molar-refractivity contribution >= 4 is 6.09 Å². The molecule has 1 rings (SSSR count). The van der Waals surface area contributed by atoms with E-state index in [-0.39, 0.29) is 11.5 Å². The summed E-state index contributed by atoms with van der Waals surface area (Å²) >= 11 is 0. The monoisotopic (exact) mass is 227 g/mol. The van der Waals surface area contributed by atoms with Crippen LogP contribution in [0, 0.1) is 11.3 Å². The van der Waals surface area contributed by atoms with E-state index in [4.69, 9.17) is 4.74 Å². The lowest BCUT2D eigenvalue weighted by Gasteiger charge is -2.52. The SMILES string of the molecule is CC1CN(C(=O)OC(C)(C)C)C1C(C)(C)C. The molecule has 0 N–H and O–H groups in total. The summed E-state index contributed by atoms with van der Waals surface area (Å²) in [6, 6.07) is 0.294. The minimum atomic E-state index is -0.404. The van der Waals surface area contributed by atoms with E-state index in [0.717, 1.165) is 6.54 Å². The summed E-state index contributed by atoms with van der Waals surface area (Å²) < 4.78 is 5.40. The van der Waals surface area contributed by atoms with Gasteiger partial charge in [0.05, 0.1) is 0 Å². The fourth-order valence-corrected chi connectivity index (χ4v) is 2.52. The first-order valence-electron chi connectivity index (χ1n) is 6.02. The second kappa shape index (κ2) is 3.94. The van der Waals surface area contributed by atoms with Crippen LogP contribution in [0.15, 0.2) is 0 Å². The lowest BCUT2D eigenvalue weighted by molar-refractivity contribution is -0.0595. The van der Waals surface area contributed by atoms with Gasteiger partial charge in [-0.05, 0) is 32.1 Å². The summed E-state index contributed by atoms with van der Waals surface area (Å²) in [6.07, 6.45) is -0.175. The molecule has 2 atom stereocenters. The third-order valence-electron chi connectivity index (χ3n) is 2.87. The molecule has 0 radical (unpaired) electrons. The summed E-state index contributed by atoms with van der Waals surface area (Å²) in [5, 5.41) is 0. The first-order valence-corrected chi connectivity index (χ1v) is 6.02. The lowest BCUT2D eigenvalue weighted by atomic mass is 9.73. The van der Waals surface area contributed by atoms with Gasteiger partial charge in [0.15, 0.2) is 0 Å². The average Bonchev–Trinajstić information content (AvgIpc) is 1.92. The maximum absolute atomic E-state index is 11.9. The van der Waals surface area contributed by atoms with E-state index >= 15 is 0 Å². The van der Waals surface area contributed by atoms with E-state index in [9.17, 15) is 4.79 Å². The molecule has 1 heterocycles. The molecule has 0 aromatic heterocycles. The van der Waals surface area contributed by atoms with Crippen LogP contribution in [0.2, 0.25) is 0 Å². The Balaban J connectivity index is 2.66. The van der Waals surface area contributed by atoms with Crippen LogP contribution in [0.3, 0.4) is 0 Å². The number of amides is 1. The summed E-state index contributed by atoms with van der Waals surface area (Å²) in [4.78, 5) is 13.8. The Kier molecular flexibility index (Phi) is 3.28. The average molecular weight is 227 g/mol. The zero-order valence-corrected chi connectivity index (χ0v) is 11.6. The molecule has 3 nitrogen and oxygen atoms in total. The summed E-state index contributed by atoms with van der Waals surface area (Å²) in [5.41, 5.74) is -0.285. The molecule has 0 saturated carbocycles. The van der Waals surface area contributed by atoms with E-state index in [2.05, 4.69) is 27.7 Å². The van der Waals surface area contributed by atoms with Gasteiger partial charge in [0, 0.05) is 12.6 Å². The van der Waals surface area contributed by atoms with Crippen LogP contribution >= 0.6 is 0 Å². The van der Waals surface area contributed by atoms with Gasteiger partial charge < -0.3 is 9.64 Å². The Hall–Kier alpha value is -0.730. The molecule has 1 aliphatic heterocycles. The number of nitrogens with zero attached hydrogens (tertiary/aromatic N) is 1. The largest absolute Gasteiger partial charge is 0.444 e. The van der Waals surface area contributed by atoms with Crippen LogP contribution in [-0.4, -0.2) is 29.2 Å². The number of likely N-dealkylation sites (tertiary alicyclic amines) is 1.